The largest absolute Gasteiger partial charge is 0.354 e. The first kappa shape index (κ1) is 25.7. The fourth-order valence-corrected chi connectivity index (χ4v) is 2.49. The van der Waals surface area contributed by atoms with Crippen LogP contribution in [0.3, 0.4) is 0 Å². The normalized spacial score (nSPS) is 13.4. The van der Waals surface area contributed by atoms with Crippen molar-refractivity contribution in [3.05, 3.63) is 0 Å². The van der Waals surface area contributed by atoms with Crippen molar-refractivity contribution in [2.75, 3.05) is 13.1 Å². The van der Waals surface area contributed by atoms with Crippen LogP contribution in [0, 0.1) is 11.3 Å². The molecule has 0 spiro atoms. The lowest BCUT2D eigenvalue weighted by molar-refractivity contribution is -0.132. The van der Waals surface area contributed by atoms with E-state index in [1.54, 1.807) is 0 Å². The molecule has 28 heavy (non-hydrogen) atoms. The first-order chi connectivity index (χ1) is 12.8. The minimum Gasteiger partial charge on any atom is -0.354 e. The summed E-state index contributed by atoms with van der Waals surface area (Å²) in [4.78, 5) is 47.3. The van der Waals surface area contributed by atoms with Gasteiger partial charge in [0.1, 0.15) is 12.1 Å². The number of amides is 5. The van der Waals surface area contributed by atoms with Gasteiger partial charge in [-0.3, -0.25) is 14.4 Å². The first-order valence-corrected chi connectivity index (χ1v) is 9.72. The van der Waals surface area contributed by atoms with Crippen molar-refractivity contribution in [3.63, 3.8) is 0 Å². The summed E-state index contributed by atoms with van der Waals surface area (Å²) in [5.41, 5.74) is 5.11. The summed E-state index contributed by atoms with van der Waals surface area (Å²) in [6, 6.07) is -2.14. The number of rotatable bonds is 11. The predicted molar refractivity (Wildman–Crippen MR) is 108 cm³/mol. The highest BCUT2D eigenvalue weighted by molar-refractivity contribution is 5.91. The molecule has 0 saturated heterocycles. The number of primary amides is 1. The Morgan fingerprint density at radius 2 is 1.54 bits per heavy atom. The Morgan fingerprint density at radius 3 is 2.00 bits per heavy atom. The van der Waals surface area contributed by atoms with Gasteiger partial charge in [-0.1, -0.05) is 34.6 Å². The summed E-state index contributed by atoms with van der Waals surface area (Å²) in [6.07, 6.45) is 1.59. The van der Waals surface area contributed by atoms with Gasteiger partial charge < -0.3 is 27.0 Å². The van der Waals surface area contributed by atoms with E-state index in [0.29, 0.717) is 25.9 Å². The van der Waals surface area contributed by atoms with Crippen LogP contribution in [0.5, 0.6) is 0 Å². The standard InChI is InChI=1S/C19H37N5O4/c1-12(2)15(23-13(3)25)17(27)24-14(8-7-10-22-18(20)28)16(26)21-11-9-19(4,5)6/h12,14-15H,7-11H2,1-6H3,(H,21,26)(H,23,25)(H,24,27)(H3,20,22,28)/t14-,15-/m1/s1. The molecule has 0 aliphatic carbocycles. The van der Waals surface area contributed by atoms with Gasteiger partial charge in [-0.05, 0) is 30.6 Å². The summed E-state index contributed by atoms with van der Waals surface area (Å²) in [7, 11) is 0. The molecule has 0 heterocycles. The second kappa shape index (κ2) is 12.2. The zero-order valence-corrected chi connectivity index (χ0v) is 18.0. The van der Waals surface area contributed by atoms with E-state index in [1.807, 2.05) is 13.8 Å². The molecule has 0 aromatic rings. The molecule has 0 aliphatic rings. The fraction of sp³-hybridized carbons (Fsp3) is 0.789. The zero-order valence-electron chi connectivity index (χ0n) is 18.0. The van der Waals surface area contributed by atoms with Gasteiger partial charge in [0.2, 0.25) is 17.7 Å². The Bertz CT molecular complexity index is 543. The van der Waals surface area contributed by atoms with Crippen LogP contribution in [0.4, 0.5) is 4.79 Å². The van der Waals surface area contributed by atoms with Gasteiger partial charge >= 0.3 is 6.03 Å². The second-order valence-electron chi connectivity index (χ2n) is 8.52. The maximum atomic E-state index is 12.6. The smallest absolute Gasteiger partial charge is 0.312 e. The van der Waals surface area contributed by atoms with E-state index in [0.717, 1.165) is 6.42 Å². The third-order valence-corrected chi connectivity index (χ3v) is 4.08. The van der Waals surface area contributed by atoms with E-state index in [2.05, 4.69) is 42.0 Å². The highest BCUT2D eigenvalue weighted by Crippen LogP contribution is 2.17. The lowest BCUT2D eigenvalue weighted by atomic mass is 9.92. The van der Waals surface area contributed by atoms with Gasteiger partial charge in [0.05, 0.1) is 0 Å². The molecule has 0 aliphatic heterocycles. The maximum absolute atomic E-state index is 12.6. The number of urea groups is 1. The number of nitrogens with one attached hydrogen (secondary N) is 4. The summed E-state index contributed by atoms with van der Waals surface area (Å²) in [5.74, 6) is -1.15. The lowest BCUT2D eigenvalue weighted by Gasteiger charge is -2.25. The van der Waals surface area contributed by atoms with Crippen LogP contribution in [-0.2, 0) is 14.4 Å². The number of carbonyl (C=O) groups excluding carboxylic acids is 4. The molecule has 0 bridgehead atoms. The Morgan fingerprint density at radius 1 is 0.929 bits per heavy atom. The van der Waals surface area contributed by atoms with Crippen LogP contribution in [0.15, 0.2) is 0 Å². The molecule has 5 amide bonds. The number of carbonyl (C=O) groups is 4. The molecular weight excluding hydrogens is 362 g/mol. The van der Waals surface area contributed by atoms with E-state index in [-0.39, 0.29) is 23.1 Å². The molecule has 0 unspecified atom stereocenters. The monoisotopic (exact) mass is 399 g/mol. The van der Waals surface area contributed by atoms with Crippen molar-refractivity contribution in [2.45, 2.75) is 72.9 Å². The SMILES string of the molecule is CC(=O)N[C@@H](C(=O)N[C@H](CCCNC(N)=O)C(=O)NCCC(C)(C)C)C(C)C. The van der Waals surface area contributed by atoms with Crippen molar-refractivity contribution >= 4 is 23.8 Å². The lowest BCUT2D eigenvalue weighted by Crippen LogP contribution is -2.55. The molecular formula is C19H37N5O4. The van der Waals surface area contributed by atoms with Gasteiger partial charge in [-0.25, -0.2) is 4.79 Å². The van der Waals surface area contributed by atoms with Crippen molar-refractivity contribution in [1.82, 2.24) is 21.3 Å². The molecule has 0 rings (SSSR count). The van der Waals surface area contributed by atoms with E-state index in [9.17, 15) is 19.2 Å². The third kappa shape index (κ3) is 12.1. The van der Waals surface area contributed by atoms with Crippen molar-refractivity contribution < 1.29 is 19.2 Å². The zero-order chi connectivity index (χ0) is 21.9. The van der Waals surface area contributed by atoms with Crippen molar-refractivity contribution in [2.24, 2.45) is 17.1 Å². The number of nitrogens with two attached hydrogens (primary N) is 1. The highest BCUT2D eigenvalue weighted by Gasteiger charge is 2.28. The molecule has 0 fully saturated rings. The van der Waals surface area contributed by atoms with Gasteiger partial charge in [-0.2, -0.15) is 0 Å². The van der Waals surface area contributed by atoms with E-state index >= 15 is 0 Å². The highest BCUT2D eigenvalue weighted by atomic mass is 16.2. The van der Waals surface area contributed by atoms with Crippen LogP contribution in [-0.4, -0.2) is 48.9 Å². The second-order valence-corrected chi connectivity index (χ2v) is 8.52. The average molecular weight is 400 g/mol. The van der Waals surface area contributed by atoms with Gasteiger partial charge in [0.15, 0.2) is 0 Å². The van der Waals surface area contributed by atoms with Crippen molar-refractivity contribution in [1.29, 1.82) is 0 Å². The molecule has 2 atom stereocenters. The van der Waals surface area contributed by atoms with Crippen LogP contribution >= 0.6 is 0 Å². The van der Waals surface area contributed by atoms with Gasteiger partial charge in [-0.15, -0.1) is 0 Å². The van der Waals surface area contributed by atoms with E-state index in [1.165, 1.54) is 6.92 Å². The minimum absolute atomic E-state index is 0.0750. The van der Waals surface area contributed by atoms with Gasteiger partial charge in [0.25, 0.3) is 0 Å². The number of hydrogen-bond donors (Lipinski definition) is 5. The Labute approximate surface area is 167 Å². The Kier molecular flexibility index (Phi) is 11.2. The Balaban J connectivity index is 4.98. The molecule has 0 saturated carbocycles. The topological polar surface area (TPSA) is 142 Å². The van der Waals surface area contributed by atoms with Crippen LogP contribution in [0.2, 0.25) is 0 Å². The summed E-state index contributed by atoms with van der Waals surface area (Å²) in [6.45, 7) is 12.0. The summed E-state index contributed by atoms with van der Waals surface area (Å²) in [5, 5.41) is 10.7. The Hall–Kier alpha value is -2.32. The molecule has 9 heteroatoms. The molecule has 6 N–H and O–H groups in total. The third-order valence-electron chi connectivity index (χ3n) is 4.08. The average Bonchev–Trinajstić information content (AvgIpc) is 2.53. The maximum Gasteiger partial charge on any atom is 0.312 e. The summed E-state index contributed by atoms with van der Waals surface area (Å²) < 4.78 is 0. The molecule has 9 nitrogen and oxygen atoms in total. The van der Waals surface area contributed by atoms with Crippen LogP contribution < -0.4 is 27.0 Å². The predicted octanol–water partition coefficient (Wildman–Crippen LogP) is 0.633. The summed E-state index contributed by atoms with van der Waals surface area (Å²) >= 11 is 0. The fourth-order valence-electron chi connectivity index (χ4n) is 2.49. The van der Waals surface area contributed by atoms with Crippen molar-refractivity contribution in [3.8, 4) is 0 Å². The van der Waals surface area contributed by atoms with E-state index in [4.69, 9.17) is 5.73 Å². The van der Waals surface area contributed by atoms with E-state index < -0.39 is 24.0 Å². The molecule has 0 aromatic heterocycles. The first-order valence-electron chi connectivity index (χ1n) is 9.72. The molecule has 0 aromatic carbocycles. The quantitative estimate of drug-likeness (QED) is 0.325. The molecule has 162 valence electrons. The van der Waals surface area contributed by atoms with Crippen LogP contribution in [0.25, 0.3) is 0 Å². The van der Waals surface area contributed by atoms with Gasteiger partial charge in [0, 0.05) is 20.0 Å². The number of hydrogen-bond acceptors (Lipinski definition) is 4. The molecule has 0 radical (unpaired) electrons. The minimum atomic E-state index is -0.767. The van der Waals surface area contributed by atoms with Crippen LogP contribution in [0.1, 0.15) is 60.8 Å².